The van der Waals surface area contributed by atoms with Gasteiger partial charge in [0.15, 0.2) is 15.5 Å². The zero-order valence-corrected chi connectivity index (χ0v) is 22.4. The number of piperazine rings is 1. The van der Waals surface area contributed by atoms with Gasteiger partial charge in [-0.15, -0.1) is 0 Å². The second kappa shape index (κ2) is 11.5. The van der Waals surface area contributed by atoms with Gasteiger partial charge in [-0.25, -0.2) is 22.8 Å². The molecule has 0 radical (unpaired) electrons. The normalized spacial score (nSPS) is 17.2. The van der Waals surface area contributed by atoms with Crippen molar-refractivity contribution in [1.82, 2.24) is 14.9 Å². The quantitative estimate of drug-likeness (QED) is 0.442. The van der Waals surface area contributed by atoms with Crippen LogP contribution in [0.15, 0.2) is 29.3 Å². The molecule has 0 aliphatic carbocycles. The number of methoxy groups -OCH3 is 1. The number of benzene rings is 1. The third-order valence-corrected chi connectivity index (χ3v) is 7.47. The minimum atomic E-state index is -4.65. The molecule has 1 aliphatic rings. The zero-order chi connectivity index (χ0) is 27.5. The van der Waals surface area contributed by atoms with E-state index in [-0.39, 0.29) is 30.0 Å². The van der Waals surface area contributed by atoms with E-state index >= 15 is 0 Å². The summed E-state index contributed by atoms with van der Waals surface area (Å²) in [4.78, 5) is 13.3. The molecule has 1 aromatic carbocycles. The van der Waals surface area contributed by atoms with Crippen LogP contribution in [0, 0.1) is 11.7 Å². The fourth-order valence-corrected chi connectivity index (χ4v) is 5.11. The maximum absolute atomic E-state index is 14.1. The number of aromatic nitrogens is 2. The van der Waals surface area contributed by atoms with Crippen LogP contribution < -0.4 is 9.80 Å². The van der Waals surface area contributed by atoms with Crippen molar-refractivity contribution >= 4 is 21.5 Å². The summed E-state index contributed by atoms with van der Waals surface area (Å²) in [7, 11) is -0.538. The van der Waals surface area contributed by atoms with Crippen molar-refractivity contribution in [1.29, 1.82) is 0 Å². The molecule has 0 spiro atoms. The van der Waals surface area contributed by atoms with E-state index in [9.17, 15) is 26.0 Å². The Kier molecular flexibility index (Phi) is 9.01. The molecule has 0 amide bonds. The zero-order valence-electron chi connectivity index (χ0n) is 21.6. The highest BCUT2D eigenvalue weighted by atomic mass is 32.2. The lowest BCUT2D eigenvalue weighted by atomic mass is 9.99. The second-order valence-electron chi connectivity index (χ2n) is 9.61. The van der Waals surface area contributed by atoms with Crippen LogP contribution in [0.25, 0.3) is 0 Å². The van der Waals surface area contributed by atoms with E-state index in [1.807, 2.05) is 18.7 Å². The van der Waals surface area contributed by atoms with Gasteiger partial charge in [0.05, 0.1) is 12.6 Å². The number of sulfone groups is 1. The Hall–Kier alpha value is -2.51. The summed E-state index contributed by atoms with van der Waals surface area (Å²) in [6.45, 7) is 5.79. The molecule has 206 valence electrons. The first-order valence-electron chi connectivity index (χ1n) is 11.8. The summed E-state index contributed by atoms with van der Waals surface area (Å²) in [5.74, 6) is -0.827. The van der Waals surface area contributed by atoms with Gasteiger partial charge in [-0.3, -0.25) is 4.90 Å². The first-order valence-corrected chi connectivity index (χ1v) is 13.7. The Balaban J connectivity index is 1.90. The van der Waals surface area contributed by atoms with Crippen molar-refractivity contribution in [2.75, 3.05) is 63.0 Å². The van der Waals surface area contributed by atoms with E-state index < -0.39 is 32.4 Å². The van der Waals surface area contributed by atoms with Crippen molar-refractivity contribution in [3.63, 3.8) is 0 Å². The number of rotatable bonds is 9. The van der Waals surface area contributed by atoms with Crippen LogP contribution >= 0.6 is 0 Å². The van der Waals surface area contributed by atoms with Crippen molar-refractivity contribution in [3.8, 4) is 0 Å². The van der Waals surface area contributed by atoms with E-state index in [0.717, 1.165) is 12.3 Å². The molecule has 37 heavy (non-hydrogen) atoms. The molecule has 1 atom stereocenters. The van der Waals surface area contributed by atoms with E-state index in [2.05, 4.69) is 9.97 Å². The van der Waals surface area contributed by atoms with Crippen molar-refractivity contribution in [2.45, 2.75) is 37.5 Å². The maximum Gasteiger partial charge on any atom is 0.433 e. The van der Waals surface area contributed by atoms with Crippen LogP contribution in [0.3, 0.4) is 0 Å². The highest BCUT2D eigenvalue weighted by Gasteiger charge is 2.38. The Morgan fingerprint density at radius 1 is 1.24 bits per heavy atom. The maximum atomic E-state index is 14.1. The average Bonchev–Trinajstić information content (AvgIpc) is 2.81. The molecular formula is C24H33F4N5O3S. The first-order chi connectivity index (χ1) is 17.2. The molecule has 3 rings (SSSR count). The predicted octanol–water partition coefficient (Wildman–Crippen LogP) is 3.47. The Labute approximate surface area is 215 Å². The van der Waals surface area contributed by atoms with Gasteiger partial charge < -0.3 is 14.5 Å². The Morgan fingerprint density at radius 2 is 1.95 bits per heavy atom. The lowest BCUT2D eigenvalue weighted by Gasteiger charge is -2.44. The second-order valence-corrected chi connectivity index (χ2v) is 11.6. The lowest BCUT2D eigenvalue weighted by molar-refractivity contribution is -0.142. The summed E-state index contributed by atoms with van der Waals surface area (Å²) in [5.41, 5.74) is -0.462. The molecule has 1 saturated heterocycles. The largest absolute Gasteiger partial charge is 0.433 e. The molecule has 1 fully saturated rings. The van der Waals surface area contributed by atoms with E-state index in [4.69, 9.17) is 4.74 Å². The van der Waals surface area contributed by atoms with E-state index in [1.54, 1.807) is 16.8 Å². The van der Waals surface area contributed by atoms with Crippen LogP contribution in [0.2, 0.25) is 0 Å². The minimum Gasteiger partial charge on any atom is -0.383 e. The smallest absolute Gasteiger partial charge is 0.383 e. The number of hydrogen-bond donors (Lipinski definition) is 0. The average molecular weight is 548 g/mol. The minimum absolute atomic E-state index is 0.00935. The molecule has 0 saturated carbocycles. The molecule has 13 heteroatoms. The summed E-state index contributed by atoms with van der Waals surface area (Å²) in [5, 5.41) is 0. The van der Waals surface area contributed by atoms with E-state index in [1.165, 1.54) is 25.4 Å². The number of anilines is 2. The van der Waals surface area contributed by atoms with E-state index in [0.29, 0.717) is 38.5 Å². The van der Waals surface area contributed by atoms with Crippen molar-refractivity contribution < 1.29 is 30.7 Å². The fourth-order valence-electron chi connectivity index (χ4n) is 4.35. The van der Waals surface area contributed by atoms with Gasteiger partial charge in [-0.05, 0) is 31.2 Å². The lowest BCUT2D eigenvalue weighted by Crippen LogP contribution is -2.56. The molecule has 0 bridgehead atoms. The predicted molar refractivity (Wildman–Crippen MR) is 133 cm³/mol. The van der Waals surface area contributed by atoms with Crippen LogP contribution in [-0.2, 0) is 27.3 Å². The number of ether oxygens (including phenoxy) is 1. The molecule has 2 heterocycles. The molecule has 0 unspecified atom stereocenters. The van der Waals surface area contributed by atoms with Crippen LogP contribution in [0.4, 0.5) is 29.2 Å². The van der Waals surface area contributed by atoms with Gasteiger partial charge in [-0.2, -0.15) is 13.2 Å². The molecule has 2 aromatic rings. The number of hydrogen-bond acceptors (Lipinski definition) is 8. The van der Waals surface area contributed by atoms with Crippen molar-refractivity contribution in [2.24, 2.45) is 5.92 Å². The monoisotopic (exact) mass is 547 g/mol. The summed E-state index contributed by atoms with van der Waals surface area (Å²) in [6, 6.07) is 3.65. The summed E-state index contributed by atoms with van der Waals surface area (Å²) in [6.07, 6.45) is -2.48. The fraction of sp³-hybridized carbons (Fsp3) is 0.583. The number of halogens is 4. The topological polar surface area (TPSA) is 78.9 Å². The van der Waals surface area contributed by atoms with Crippen LogP contribution in [0.5, 0.6) is 0 Å². The summed E-state index contributed by atoms with van der Waals surface area (Å²) >= 11 is 0. The first kappa shape index (κ1) is 29.1. The molecule has 1 aromatic heterocycles. The molecule has 1 aliphatic heterocycles. The highest BCUT2D eigenvalue weighted by molar-refractivity contribution is 7.90. The third-order valence-electron chi connectivity index (χ3n) is 6.36. The molecule has 8 nitrogen and oxygen atoms in total. The van der Waals surface area contributed by atoms with Crippen molar-refractivity contribution in [3.05, 3.63) is 41.5 Å². The van der Waals surface area contributed by atoms with Gasteiger partial charge in [-0.1, -0.05) is 13.8 Å². The highest BCUT2D eigenvalue weighted by Crippen LogP contribution is 2.33. The van der Waals surface area contributed by atoms with Crippen LogP contribution in [0.1, 0.15) is 25.1 Å². The van der Waals surface area contributed by atoms with Gasteiger partial charge in [0.1, 0.15) is 10.7 Å². The number of alkyl halides is 3. The van der Waals surface area contributed by atoms with Gasteiger partial charge >= 0.3 is 6.18 Å². The van der Waals surface area contributed by atoms with Gasteiger partial charge in [0, 0.05) is 63.5 Å². The molecule has 0 N–H and O–H groups in total. The van der Waals surface area contributed by atoms with Crippen LogP contribution in [-0.4, -0.2) is 82.5 Å². The Bertz CT molecular complexity index is 1190. The Morgan fingerprint density at radius 3 is 2.54 bits per heavy atom. The van der Waals surface area contributed by atoms with Gasteiger partial charge in [0.25, 0.3) is 0 Å². The third kappa shape index (κ3) is 7.08. The SMILES string of the molecule is COCCN(C)Cc1cnc(N2CCN(c3ccc(F)c(S(C)(=O)=O)c3)C[C@H]2C(C)C)nc1C(F)(F)F. The summed E-state index contributed by atoms with van der Waals surface area (Å²) < 4.78 is 84.9. The standard InChI is InChI=1S/C24H33F4N5O3S/c1-16(2)20-15-32(18-6-7-19(25)21(12-18)37(5,34)35)8-9-33(20)23-29-13-17(14-31(3)10-11-36-4)22(30-23)24(26,27)28/h6-7,12-13,16,20H,8-11,14-15H2,1-5H3/t20-/m0/s1. The number of likely N-dealkylation sites (N-methyl/N-ethyl adjacent to an activating group) is 1. The van der Waals surface area contributed by atoms with Gasteiger partial charge in [0.2, 0.25) is 5.95 Å². The molecular weight excluding hydrogens is 514 g/mol. The number of nitrogens with zero attached hydrogens (tertiary/aromatic N) is 5.